The quantitative estimate of drug-likeness (QED) is 0.849. The number of hydrogen-bond acceptors (Lipinski definition) is 3. The lowest BCUT2D eigenvalue weighted by Gasteiger charge is -2.22. The molecule has 2 aliphatic rings. The summed E-state index contributed by atoms with van der Waals surface area (Å²) < 4.78 is 10.8. The Kier molecular flexibility index (Phi) is 5.54. The van der Waals surface area contributed by atoms with Crippen LogP contribution in [0, 0.1) is 0 Å². The molecule has 0 amide bonds. The number of methoxy groups -OCH3 is 2. The van der Waals surface area contributed by atoms with Gasteiger partial charge < -0.3 is 9.47 Å². The van der Waals surface area contributed by atoms with Crippen LogP contribution in [0.4, 0.5) is 0 Å². The topological polar surface area (TPSA) is 21.7 Å². The Labute approximate surface area is 133 Å². The van der Waals surface area contributed by atoms with Crippen LogP contribution in [0.3, 0.4) is 0 Å². The summed E-state index contributed by atoms with van der Waals surface area (Å²) >= 11 is 0. The van der Waals surface area contributed by atoms with Crippen molar-refractivity contribution in [1.82, 2.24) is 4.90 Å². The average molecular weight is 310 g/mol. The molecule has 1 saturated heterocycles. The first-order valence-electron chi connectivity index (χ1n) is 7.47. The summed E-state index contributed by atoms with van der Waals surface area (Å²) in [5, 5.41) is 0. The molecule has 1 aliphatic carbocycles. The maximum absolute atomic E-state index is 5.41. The van der Waals surface area contributed by atoms with Crippen molar-refractivity contribution in [3.8, 4) is 11.5 Å². The molecule has 0 aromatic heterocycles. The summed E-state index contributed by atoms with van der Waals surface area (Å²) in [4.78, 5) is 2.57. The number of ether oxygens (including phenoxy) is 2. The molecule has 0 bridgehead atoms. The van der Waals surface area contributed by atoms with Crippen LogP contribution in [0.2, 0.25) is 0 Å². The lowest BCUT2D eigenvalue weighted by atomic mass is 9.91. The van der Waals surface area contributed by atoms with E-state index in [-0.39, 0.29) is 12.4 Å². The van der Waals surface area contributed by atoms with Gasteiger partial charge in [-0.3, -0.25) is 4.90 Å². The van der Waals surface area contributed by atoms with Gasteiger partial charge in [0.15, 0.2) is 11.5 Å². The Morgan fingerprint density at radius 3 is 2.33 bits per heavy atom. The molecule has 1 fully saturated rings. The van der Waals surface area contributed by atoms with Crippen LogP contribution >= 0.6 is 12.4 Å². The molecule has 0 saturated carbocycles. The molecular weight excluding hydrogens is 286 g/mol. The zero-order chi connectivity index (χ0) is 13.9. The highest BCUT2D eigenvalue weighted by molar-refractivity contribution is 5.85. The van der Waals surface area contributed by atoms with Gasteiger partial charge in [0.05, 0.1) is 14.2 Å². The molecule has 1 aromatic rings. The van der Waals surface area contributed by atoms with Gasteiger partial charge in [0, 0.05) is 6.54 Å². The first-order chi connectivity index (χ1) is 9.80. The zero-order valence-corrected chi connectivity index (χ0v) is 13.7. The number of benzene rings is 1. The Morgan fingerprint density at radius 2 is 1.67 bits per heavy atom. The maximum Gasteiger partial charge on any atom is 0.161 e. The summed E-state index contributed by atoms with van der Waals surface area (Å²) in [7, 11) is 3.39. The lowest BCUT2D eigenvalue weighted by Crippen LogP contribution is -2.22. The SMILES string of the molecule is COc1cc2c(cc1OC)CCC(CN1CCCC1)=C2.Cl. The van der Waals surface area contributed by atoms with E-state index in [2.05, 4.69) is 23.1 Å². The molecule has 1 heterocycles. The number of rotatable bonds is 4. The molecule has 0 N–H and O–H groups in total. The van der Waals surface area contributed by atoms with E-state index in [0.717, 1.165) is 24.5 Å². The first kappa shape index (κ1) is 16.2. The molecule has 0 atom stereocenters. The molecule has 1 aliphatic heterocycles. The van der Waals surface area contributed by atoms with Crippen molar-refractivity contribution in [2.75, 3.05) is 33.9 Å². The lowest BCUT2D eigenvalue weighted by molar-refractivity contribution is 0.354. The zero-order valence-electron chi connectivity index (χ0n) is 12.9. The van der Waals surface area contributed by atoms with Crippen molar-refractivity contribution in [2.24, 2.45) is 0 Å². The summed E-state index contributed by atoms with van der Waals surface area (Å²) in [6.45, 7) is 3.65. The van der Waals surface area contributed by atoms with Crippen LogP contribution in [-0.2, 0) is 6.42 Å². The fraction of sp³-hybridized carbons (Fsp3) is 0.529. The van der Waals surface area contributed by atoms with Gasteiger partial charge in [0.25, 0.3) is 0 Å². The van der Waals surface area contributed by atoms with Gasteiger partial charge in [0.1, 0.15) is 0 Å². The largest absolute Gasteiger partial charge is 0.493 e. The average Bonchev–Trinajstić information content (AvgIpc) is 2.98. The number of hydrogen-bond donors (Lipinski definition) is 0. The normalized spacial score (nSPS) is 17.7. The molecule has 0 spiro atoms. The van der Waals surface area contributed by atoms with E-state index in [9.17, 15) is 0 Å². The van der Waals surface area contributed by atoms with Crippen molar-refractivity contribution in [3.05, 3.63) is 28.8 Å². The van der Waals surface area contributed by atoms with Crippen LogP contribution in [0.15, 0.2) is 17.7 Å². The van der Waals surface area contributed by atoms with Crippen molar-refractivity contribution in [2.45, 2.75) is 25.7 Å². The Balaban J connectivity index is 0.00000161. The third kappa shape index (κ3) is 3.53. The second kappa shape index (κ2) is 7.19. The summed E-state index contributed by atoms with van der Waals surface area (Å²) in [6, 6.07) is 4.23. The standard InChI is InChI=1S/C17H23NO2.ClH/c1-19-16-10-14-6-5-13(12-18-7-3-4-8-18)9-15(14)11-17(16)20-2;/h9-11H,3-8,12H2,1-2H3;1H. The fourth-order valence-electron chi connectivity index (χ4n) is 3.23. The van der Waals surface area contributed by atoms with Crippen LogP contribution in [0.5, 0.6) is 11.5 Å². The van der Waals surface area contributed by atoms with Crippen molar-refractivity contribution in [3.63, 3.8) is 0 Å². The van der Waals surface area contributed by atoms with Crippen molar-refractivity contribution in [1.29, 1.82) is 0 Å². The van der Waals surface area contributed by atoms with E-state index in [1.807, 2.05) is 0 Å². The number of likely N-dealkylation sites (tertiary alicyclic amines) is 1. The molecule has 0 radical (unpaired) electrons. The highest BCUT2D eigenvalue weighted by Gasteiger charge is 2.18. The fourth-order valence-corrected chi connectivity index (χ4v) is 3.23. The van der Waals surface area contributed by atoms with Gasteiger partial charge in [-0.2, -0.15) is 0 Å². The first-order valence-corrected chi connectivity index (χ1v) is 7.47. The van der Waals surface area contributed by atoms with Gasteiger partial charge in [-0.15, -0.1) is 12.4 Å². The summed E-state index contributed by atoms with van der Waals surface area (Å²) in [5.74, 6) is 1.66. The van der Waals surface area contributed by atoms with Crippen molar-refractivity contribution >= 4 is 18.5 Å². The number of halogens is 1. The molecule has 1 aromatic carbocycles. The molecular formula is C17H24ClNO2. The van der Waals surface area contributed by atoms with Gasteiger partial charge in [-0.05, 0) is 62.0 Å². The van der Waals surface area contributed by atoms with E-state index in [0.29, 0.717) is 0 Å². The second-order valence-electron chi connectivity index (χ2n) is 5.69. The molecule has 3 nitrogen and oxygen atoms in total. The predicted octanol–water partition coefficient (Wildman–Crippen LogP) is 3.55. The van der Waals surface area contributed by atoms with Crippen LogP contribution in [0.1, 0.15) is 30.4 Å². The van der Waals surface area contributed by atoms with Gasteiger partial charge >= 0.3 is 0 Å². The molecule has 4 heteroatoms. The monoisotopic (exact) mass is 309 g/mol. The van der Waals surface area contributed by atoms with E-state index < -0.39 is 0 Å². The van der Waals surface area contributed by atoms with Crippen LogP contribution < -0.4 is 9.47 Å². The Morgan fingerprint density at radius 1 is 1.00 bits per heavy atom. The molecule has 116 valence electrons. The molecule has 0 unspecified atom stereocenters. The predicted molar refractivity (Wildman–Crippen MR) is 88.8 cm³/mol. The Hall–Kier alpha value is -1.19. The van der Waals surface area contributed by atoms with Crippen LogP contribution in [0.25, 0.3) is 6.08 Å². The third-order valence-electron chi connectivity index (χ3n) is 4.35. The smallest absolute Gasteiger partial charge is 0.161 e. The molecule has 21 heavy (non-hydrogen) atoms. The van der Waals surface area contributed by atoms with E-state index in [1.54, 1.807) is 19.8 Å². The van der Waals surface area contributed by atoms with E-state index >= 15 is 0 Å². The van der Waals surface area contributed by atoms with Crippen LogP contribution in [-0.4, -0.2) is 38.8 Å². The van der Waals surface area contributed by atoms with E-state index in [1.165, 1.54) is 43.5 Å². The second-order valence-corrected chi connectivity index (χ2v) is 5.69. The van der Waals surface area contributed by atoms with Gasteiger partial charge in [-0.25, -0.2) is 0 Å². The highest BCUT2D eigenvalue weighted by Crippen LogP contribution is 2.35. The minimum absolute atomic E-state index is 0. The Bertz CT molecular complexity index is 522. The number of aryl methyl sites for hydroxylation is 1. The molecule has 3 rings (SSSR count). The minimum atomic E-state index is 0. The summed E-state index contributed by atoms with van der Waals surface area (Å²) in [6.07, 6.45) is 7.33. The maximum atomic E-state index is 5.41. The van der Waals surface area contributed by atoms with Gasteiger partial charge in [-0.1, -0.05) is 11.6 Å². The van der Waals surface area contributed by atoms with Gasteiger partial charge in [0.2, 0.25) is 0 Å². The van der Waals surface area contributed by atoms with Crippen molar-refractivity contribution < 1.29 is 9.47 Å². The third-order valence-corrected chi connectivity index (χ3v) is 4.35. The number of fused-ring (bicyclic) bond motifs is 1. The summed E-state index contributed by atoms with van der Waals surface area (Å²) in [5.41, 5.74) is 4.21. The number of nitrogens with zero attached hydrogens (tertiary/aromatic N) is 1. The minimum Gasteiger partial charge on any atom is -0.493 e. The highest BCUT2D eigenvalue weighted by atomic mass is 35.5. The van der Waals surface area contributed by atoms with E-state index in [4.69, 9.17) is 9.47 Å².